The van der Waals surface area contributed by atoms with Gasteiger partial charge in [-0.05, 0) is 60.9 Å². The van der Waals surface area contributed by atoms with Gasteiger partial charge in [-0.3, -0.25) is 13.9 Å². The number of benzene rings is 3. The molecule has 0 saturated heterocycles. The van der Waals surface area contributed by atoms with Crippen LogP contribution in [0.25, 0.3) is 0 Å². The van der Waals surface area contributed by atoms with Crippen molar-refractivity contribution < 1.29 is 18.0 Å². The van der Waals surface area contributed by atoms with E-state index in [-0.39, 0.29) is 29.0 Å². The number of anilines is 1. The molecule has 0 aliphatic carbocycles. The Morgan fingerprint density at radius 2 is 1.47 bits per heavy atom. The molecule has 3 rings (SSSR count). The molecule has 0 aliphatic rings. The average Bonchev–Trinajstić information content (AvgIpc) is 2.90. The van der Waals surface area contributed by atoms with E-state index in [1.54, 1.807) is 61.5 Å². The lowest BCUT2D eigenvalue weighted by Crippen LogP contribution is -2.51. The zero-order chi connectivity index (χ0) is 27.9. The quantitative estimate of drug-likeness (QED) is 0.332. The van der Waals surface area contributed by atoms with Crippen LogP contribution < -0.4 is 9.62 Å². The van der Waals surface area contributed by atoms with Gasteiger partial charge in [-0.25, -0.2) is 8.42 Å². The Hall–Kier alpha value is -3.07. The van der Waals surface area contributed by atoms with Crippen LogP contribution in [0.1, 0.15) is 26.3 Å². The van der Waals surface area contributed by atoms with Crippen LogP contribution >= 0.6 is 23.2 Å². The highest BCUT2D eigenvalue weighted by molar-refractivity contribution is 7.92. The zero-order valence-electron chi connectivity index (χ0n) is 21.5. The fourth-order valence-corrected chi connectivity index (χ4v) is 5.46. The molecule has 7 nitrogen and oxygen atoms in total. The summed E-state index contributed by atoms with van der Waals surface area (Å²) in [4.78, 5) is 28.2. The van der Waals surface area contributed by atoms with E-state index in [2.05, 4.69) is 5.32 Å². The molecule has 1 atom stereocenters. The standard InChI is InChI=1S/C28H31Cl2N3O4S/c1-20(2)17-31-28(35)21(3)32(18-22-9-7-8-12-26(22)30)27(34)19-33(24-15-13-23(29)14-16-24)38(36,37)25-10-5-4-6-11-25/h4-16,20-21H,17-19H2,1-3H3,(H,31,35). The molecule has 0 radical (unpaired) electrons. The van der Waals surface area contributed by atoms with Gasteiger partial charge in [0.05, 0.1) is 10.6 Å². The molecule has 0 heterocycles. The van der Waals surface area contributed by atoms with Crippen molar-refractivity contribution in [3.05, 3.63) is 94.5 Å². The molecule has 3 aromatic rings. The summed E-state index contributed by atoms with van der Waals surface area (Å²) in [7, 11) is -4.13. The zero-order valence-corrected chi connectivity index (χ0v) is 23.8. The first-order valence-electron chi connectivity index (χ1n) is 12.1. The molecule has 0 bridgehead atoms. The number of halogens is 2. The van der Waals surface area contributed by atoms with Gasteiger partial charge in [-0.2, -0.15) is 0 Å². The Bertz CT molecular complexity index is 1350. The van der Waals surface area contributed by atoms with E-state index in [0.29, 0.717) is 22.2 Å². The molecule has 10 heteroatoms. The van der Waals surface area contributed by atoms with Gasteiger partial charge in [0.2, 0.25) is 11.8 Å². The summed E-state index contributed by atoms with van der Waals surface area (Å²) in [6, 6.07) is 20.2. The van der Waals surface area contributed by atoms with Crippen LogP contribution in [0.15, 0.2) is 83.8 Å². The van der Waals surface area contributed by atoms with Crippen LogP contribution in [0.5, 0.6) is 0 Å². The van der Waals surface area contributed by atoms with Crippen molar-refractivity contribution in [1.29, 1.82) is 0 Å². The highest BCUT2D eigenvalue weighted by Gasteiger charge is 2.32. The minimum atomic E-state index is -4.13. The SMILES string of the molecule is CC(C)CNC(=O)C(C)N(Cc1ccccc1Cl)C(=O)CN(c1ccc(Cl)cc1)S(=O)(=O)c1ccccc1. The molecule has 0 fully saturated rings. The van der Waals surface area contributed by atoms with E-state index >= 15 is 0 Å². The number of rotatable bonds is 11. The summed E-state index contributed by atoms with van der Waals surface area (Å²) < 4.78 is 28.4. The lowest BCUT2D eigenvalue weighted by atomic mass is 10.1. The Morgan fingerprint density at radius 3 is 2.08 bits per heavy atom. The first-order chi connectivity index (χ1) is 18.0. The van der Waals surface area contributed by atoms with Crippen LogP contribution in [0.4, 0.5) is 5.69 Å². The number of carbonyl (C=O) groups is 2. The van der Waals surface area contributed by atoms with Crippen LogP contribution in [0.3, 0.4) is 0 Å². The smallest absolute Gasteiger partial charge is 0.264 e. The van der Waals surface area contributed by atoms with Crippen LogP contribution in [-0.4, -0.2) is 44.3 Å². The molecular formula is C28H31Cl2N3O4S. The van der Waals surface area contributed by atoms with Gasteiger partial charge in [-0.15, -0.1) is 0 Å². The maximum Gasteiger partial charge on any atom is 0.264 e. The minimum absolute atomic E-state index is 0.0224. The van der Waals surface area contributed by atoms with E-state index in [1.807, 2.05) is 13.8 Å². The van der Waals surface area contributed by atoms with Crippen molar-refractivity contribution in [3.63, 3.8) is 0 Å². The van der Waals surface area contributed by atoms with E-state index < -0.39 is 28.5 Å². The molecule has 0 aromatic heterocycles. The lowest BCUT2D eigenvalue weighted by molar-refractivity contribution is -0.139. The summed E-state index contributed by atoms with van der Waals surface area (Å²) in [5.41, 5.74) is 0.899. The monoisotopic (exact) mass is 575 g/mol. The fourth-order valence-electron chi connectivity index (χ4n) is 3.70. The van der Waals surface area contributed by atoms with Crippen molar-refractivity contribution in [2.75, 3.05) is 17.4 Å². The topological polar surface area (TPSA) is 86.8 Å². The number of nitrogens with zero attached hydrogens (tertiary/aromatic N) is 2. The molecule has 0 saturated carbocycles. The van der Waals surface area contributed by atoms with Gasteiger partial charge in [0.15, 0.2) is 0 Å². The van der Waals surface area contributed by atoms with E-state index in [9.17, 15) is 18.0 Å². The van der Waals surface area contributed by atoms with Gasteiger partial charge in [0.1, 0.15) is 12.6 Å². The first-order valence-corrected chi connectivity index (χ1v) is 14.3. The molecule has 3 aromatic carbocycles. The van der Waals surface area contributed by atoms with Crippen molar-refractivity contribution in [3.8, 4) is 0 Å². The van der Waals surface area contributed by atoms with Crippen LogP contribution in [0.2, 0.25) is 10.0 Å². The van der Waals surface area contributed by atoms with Gasteiger partial charge < -0.3 is 10.2 Å². The minimum Gasteiger partial charge on any atom is -0.354 e. The molecule has 1 N–H and O–H groups in total. The normalized spacial score (nSPS) is 12.2. The van der Waals surface area contributed by atoms with E-state index in [4.69, 9.17) is 23.2 Å². The molecule has 1 unspecified atom stereocenters. The Kier molecular flexibility index (Phi) is 10.2. The summed E-state index contributed by atoms with van der Waals surface area (Å²) >= 11 is 12.4. The third-order valence-corrected chi connectivity index (χ3v) is 8.28. The summed E-state index contributed by atoms with van der Waals surface area (Å²) in [6.07, 6.45) is 0. The summed E-state index contributed by atoms with van der Waals surface area (Å²) in [5, 5.41) is 3.71. The Morgan fingerprint density at radius 1 is 0.868 bits per heavy atom. The Labute approximate surface area is 234 Å². The van der Waals surface area contributed by atoms with Crippen molar-refractivity contribution in [1.82, 2.24) is 10.2 Å². The number of amides is 2. The lowest BCUT2D eigenvalue weighted by Gasteiger charge is -2.32. The number of hydrogen-bond acceptors (Lipinski definition) is 4. The largest absolute Gasteiger partial charge is 0.354 e. The number of carbonyl (C=O) groups excluding carboxylic acids is 2. The second kappa shape index (κ2) is 13.1. The molecule has 0 aliphatic heterocycles. The predicted molar refractivity (Wildman–Crippen MR) is 152 cm³/mol. The third-order valence-electron chi connectivity index (χ3n) is 5.88. The highest BCUT2D eigenvalue weighted by atomic mass is 35.5. The van der Waals surface area contributed by atoms with Crippen molar-refractivity contribution in [2.24, 2.45) is 5.92 Å². The highest BCUT2D eigenvalue weighted by Crippen LogP contribution is 2.26. The summed E-state index contributed by atoms with van der Waals surface area (Å²) in [6.45, 7) is 5.48. The second-order valence-corrected chi connectivity index (χ2v) is 11.9. The van der Waals surface area contributed by atoms with E-state index in [1.165, 1.54) is 29.2 Å². The first kappa shape index (κ1) is 29.5. The maximum atomic E-state index is 13.8. The van der Waals surface area contributed by atoms with Gasteiger partial charge in [0.25, 0.3) is 10.0 Å². The van der Waals surface area contributed by atoms with E-state index in [0.717, 1.165) is 4.31 Å². The van der Waals surface area contributed by atoms with Crippen LogP contribution in [-0.2, 0) is 26.2 Å². The number of nitrogens with one attached hydrogen (secondary N) is 1. The molecular weight excluding hydrogens is 545 g/mol. The predicted octanol–water partition coefficient (Wildman–Crippen LogP) is 5.38. The molecule has 0 spiro atoms. The Balaban J connectivity index is 2.00. The van der Waals surface area contributed by atoms with Crippen molar-refractivity contribution in [2.45, 2.75) is 38.3 Å². The molecule has 2 amide bonds. The second-order valence-electron chi connectivity index (χ2n) is 9.23. The fraction of sp³-hybridized carbons (Fsp3) is 0.286. The number of hydrogen-bond donors (Lipinski definition) is 1. The van der Waals surface area contributed by atoms with Crippen molar-refractivity contribution >= 4 is 50.7 Å². The molecule has 38 heavy (non-hydrogen) atoms. The average molecular weight is 577 g/mol. The third kappa shape index (κ3) is 7.49. The number of sulfonamides is 1. The summed E-state index contributed by atoms with van der Waals surface area (Å²) in [5.74, 6) is -0.690. The maximum absolute atomic E-state index is 13.8. The van der Waals surface area contributed by atoms with Gasteiger partial charge in [0, 0.05) is 23.1 Å². The van der Waals surface area contributed by atoms with Gasteiger partial charge in [-0.1, -0.05) is 73.4 Å². The van der Waals surface area contributed by atoms with Gasteiger partial charge >= 0.3 is 0 Å². The van der Waals surface area contributed by atoms with Crippen LogP contribution in [0, 0.1) is 5.92 Å². The molecule has 202 valence electrons.